The molecule has 0 saturated carbocycles. The van der Waals surface area contributed by atoms with Crippen LogP contribution in [0.2, 0.25) is 0 Å². The Morgan fingerprint density at radius 3 is 2.62 bits per heavy atom. The van der Waals surface area contributed by atoms with E-state index in [2.05, 4.69) is 9.72 Å². The molecule has 0 unspecified atom stereocenters. The first kappa shape index (κ1) is 20.7. The van der Waals surface area contributed by atoms with Crippen molar-refractivity contribution in [3.63, 3.8) is 0 Å². The number of hydrogen-bond donors (Lipinski definition) is 0. The summed E-state index contributed by atoms with van der Waals surface area (Å²) in [4.78, 5) is 15.9. The minimum Gasteiger partial charge on any atom is -0.493 e. The molecule has 154 valence electrons. The third kappa shape index (κ3) is 5.28. The van der Waals surface area contributed by atoms with Crippen LogP contribution in [0.25, 0.3) is 11.0 Å². The summed E-state index contributed by atoms with van der Waals surface area (Å²) in [5, 5.41) is 0.769. The Labute approximate surface area is 166 Å². The average molecular weight is 406 g/mol. The molecular formula is C21H21F3N2O3. The van der Waals surface area contributed by atoms with Crippen LogP contribution in [-0.2, 0) is 6.54 Å². The van der Waals surface area contributed by atoms with Crippen LogP contribution in [0.1, 0.15) is 36.7 Å². The van der Waals surface area contributed by atoms with Crippen LogP contribution >= 0.6 is 0 Å². The van der Waals surface area contributed by atoms with Crippen molar-refractivity contribution in [3.8, 4) is 11.5 Å². The summed E-state index contributed by atoms with van der Waals surface area (Å²) in [6.45, 7) is 6.09. The number of rotatable bonds is 7. The van der Waals surface area contributed by atoms with E-state index in [0.29, 0.717) is 29.1 Å². The van der Waals surface area contributed by atoms with Gasteiger partial charge in [-0.1, -0.05) is 13.8 Å². The van der Waals surface area contributed by atoms with E-state index in [-0.39, 0.29) is 24.0 Å². The molecule has 0 aliphatic carbocycles. The summed E-state index contributed by atoms with van der Waals surface area (Å²) < 4.78 is 49.5. The molecule has 3 aromatic rings. The maximum atomic E-state index is 12.6. The number of pyridine rings is 1. The molecule has 8 heteroatoms. The number of hydrogen-bond acceptors (Lipinski definition) is 4. The van der Waals surface area contributed by atoms with Gasteiger partial charge in [0.1, 0.15) is 17.1 Å². The van der Waals surface area contributed by atoms with Gasteiger partial charge in [0, 0.05) is 28.9 Å². The molecular weight excluding hydrogens is 385 g/mol. The smallest absolute Gasteiger partial charge is 0.493 e. The molecule has 3 rings (SSSR count). The summed E-state index contributed by atoms with van der Waals surface area (Å²) in [7, 11) is 0. The first-order valence-corrected chi connectivity index (χ1v) is 9.09. The lowest BCUT2D eigenvalue weighted by Gasteiger charge is -2.16. The van der Waals surface area contributed by atoms with Gasteiger partial charge in [0.05, 0.1) is 13.2 Å². The fourth-order valence-corrected chi connectivity index (χ4v) is 2.86. The van der Waals surface area contributed by atoms with Crippen molar-refractivity contribution in [1.82, 2.24) is 9.55 Å². The van der Waals surface area contributed by atoms with Gasteiger partial charge in [0.15, 0.2) is 5.78 Å². The Bertz CT molecular complexity index is 1030. The lowest BCUT2D eigenvalue weighted by atomic mass is 10.1. The topological polar surface area (TPSA) is 53.4 Å². The number of benzene rings is 1. The van der Waals surface area contributed by atoms with Gasteiger partial charge >= 0.3 is 6.36 Å². The summed E-state index contributed by atoms with van der Waals surface area (Å²) in [6, 6.07) is 7.57. The lowest BCUT2D eigenvalue weighted by molar-refractivity contribution is -0.274. The van der Waals surface area contributed by atoms with Crippen molar-refractivity contribution < 1.29 is 27.4 Å². The van der Waals surface area contributed by atoms with Gasteiger partial charge in [-0.3, -0.25) is 4.79 Å². The molecule has 0 N–H and O–H groups in total. The minimum absolute atomic E-state index is 0.0893. The Balaban J connectivity index is 1.95. The van der Waals surface area contributed by atoms with E-state index in [0.717, 1.165) is 5.39 Å². The highest BCUT2D eigenvalue weighted by Gasteiger charge is 2.31. The van der Waals surface area contributed by atoms with E-state index in [4.69, 9.17) is 4.74 Å². The standard InChI is InChI=1S/C21H21F3N2O3/c1-13(2)12-28-19-5-4-18(29-21(22,23)24)9-17(19)11-26-7-6-15-8-16(14(3)27)10-25-20(15)26/h4-10,13H,11-12H2,1-3H3. The first-order chi connectivity index (χ1) is 13.6. The quantitative estimate of drug-likeness (QED) is 0.505. The van der Waals surface area contributed by atoms with Gasteiger partial charge < -0.3 is 14.0 Å². The van der Waals surface area contributed by atoms with Crippen LogP contribution in [0.15, 0.2) is 42.7 Å². The highest BCUT2D eigenvalue weighted by atomic mass is 19.4. The van der Waals surface area contributed by atoms with E-state index in [9.17, 15) is 18.0 Å². The largest absolute Gasteiger partial charge is 0.573 e. The second-order valence-corrected chi connectivity index (χ2v) is 7.16. The summed E-state index contributed by atoms with van der Waals surface area (Å²) in [5.41, 5.74) is 1.64. The van der Waals surface area contributed by atoms with E-state index in [1.54, 1.807) is 22.9 Å². The molecule has 0 aliphatic rings. The molecule has 5 nitrogen and oxygen atoms in total. The monoisotopic (exact) mass is 406 g/mol. The lowest BCUT2D eigenvalue weighted by Crippen LogP contribution is -2.17. The molecule has 0 bridgehead atoms. The number of carbonyl (C=O) groups excluding carboxylic acids is 1. The minimum atomic E-state index is -4.78. The van der Waals surface area contributed by atoms with E-state index in [1.807, 2.05) is 13.8 Å². The maximum absolute atomic E-state index is 12.6. The van der Waals surface area contributed by atoms with Crippen LogP contribution in [0.5, 0.6) is 11.5 Å². The van der Waals surface area contributed by atoms with Crippen LogP contribution in [0, 0.1) is 5.92 Å². The molecule has 29 heavy (non-hydrogen) atoms. The molecule has 0 amide bonds. The molecule has 2 heterocycles. The Kier molecular flexibility index (Phi) is 5.81. The van der Waals surface area contributed by atoms with Crippen molar-refractivity contribution in [3.05, 3.63) is 53.9 Å². The van der Waals surface area contributed by atoms with Gasteiger partial charge in [-0.05, 0) is 43.2 Å². The number of fused-ring (bicyclic) bond motifs is 1. The third-order valence-electron chi connectivity index (χ3n) is 4.19. The second kappa shape index (κ2) is 8.14. The van der Waals surface area contributed by atoms with Gasteiger partial charge in [-0.2, -0.15) is 0 Å². The number of aromatic nitrogens is 2. The van der Waals surface area contributed by atoms with Crippen molar-refractivity contribution >= 4 is 16.8 Å². The van der Waals surface area contributed by atoms with E-state index >= 15 is 0 Å². The molecule has 0 radical (unpaired) electrons. The Morgan fingerprint density at radius 1 is 1.21 bits per heavy atom. The zero-order valence-electron chi connectivity index (χ0n) is 16.3. The normalized spacial score (nSPS) is 11.8. The van der Waals surface area contributed by atoms with Gasteiger partial charge in [0.25, 0.3) is 0 Å². The zero-order valence-corrected chi connectivity index (χ0v) is 16.3. The van der Waals surface area contributed by atoms with Crippen LogP contribution in [0.3, 0.4) is 0 Å². The maximum Gasteiger partial charge on any atom is 0.573 e. The summed E-state index contributed by atoms with van der Waals surface area (Å²) >= 11 is 0. The number of nitrogens with zero attached hydrogens (tertiary/aromatic N) is 2. The first-order valence-electron chi connectivity index (χ1n) is 9.09. The molecule has 0 atom stereocenters. The SMILES string of the molecule is CC(=O)c1cnc2c(ccn2Cc2cc(OC(F)(F)F)ccc2OCC(C)C)c1. The van der Waals surface area contributed by atoms with E-state index in [1.165, 1.54) is 31.3 Å². The fraction of sp³-hybridized carbons (Fsp3) is 0.333. The molecule has 0 saturated heterocycles. The van der Waals surface area contributed by atoms with Crippen LogP contribution < -0.4 is 9.47 Å². The van der Waals surface area contributed by atoms with Gasteiger partial charge in [-0.25, -0.2) is 4.98 Å². The third-order valence-corrected chi connectivity index (χ3v) is 4.19. The Hall–Kier alpha value is -3.03. The van der Waals surface area contributed by atoms with Crippen molar-refractivity contribution in [2.45, 2.75) is 33.7 Å². The van der Waals surface area contributed by atoms with Crippen LogP contribution in [-0.4, -0.2) is 28.3 Å². The summed E-state index contributed by atoms with van der Waals surface area (Å²) in [5.74, 6) is 0.338. The molecule has 2 aromatic heterocycles. The van der Waals surface area contributed by atoms with E-state index < -0.39 is 6.36 Å². The van der Waals surface area contributed by atoms with Crippen molar-refractivity contribution in [2.75, 3.05) is 6.61 Å². The molecule has 1 aromatic carbocycles. The van der Waals surface area contributed by atoms with Gasteiger partial charge in [-0.15, -0.1) is 13.2 Å². The number of alkyl halides is 3. The van der Waals surface area contributed by atoms with Crippen molar-refractivity contribution in [2.24, 2.45) is 5.92 Å². The summed E-state index contributed by atoms with van der Waals surface area (Å²) in [6.07, 6.45) is -1.52. The average Bonchev–Trinajstić information content (AvgIpc) is 3.01. The zero-order chi connectivity index (χ0) is 21.2. The number of ether oxygens (including phenoxy) is 2. The van der Waals surface area contributed by atoms with Crippen molar-refractivity contribution in [1.29, 1.82) is 0 Å². The molecule has 0 fully saturated rings. The number of Topliss-reactive ketones (excluding diaryl/α,β-unsaturated/α-hetero) is 1. The van der Waals surface area contributed by atoms with Gasteiger partial charge in [0.2, 0.25) is 0 Å². The number of carbonyl (C=O) groups is 1. The van der Waals surface area contributed by atoms with Crippen LogP contribution in [0.4, 0.5) is 13.2 Å². The fourth-order valence-electron chi connectivity index (χ4n) is 2.86. The predicted molar refractivity (Wildman–Crippen MR) is 102 cm³/mol. The number of halogens is 3. The highest BCUT2D eigenvalue weighted by molar-refractivity contribution is 5.96. The highest BCUT2D eigenvalue weighted by Crippen LogP contribution is 2.30. The molecule has 0 aliphatic heterocycles. The number of ketones is 1. The molecule has 0 spiro atoms. The predicted octanol–water partition coefficient (Wildman–Crippen LogP) is 5.22. The second-order valence-electron chi connectivity index (χ2n) is 7.16. The Morgan fingerprint density at radius 2 is 1.97 bits per heavy atom.